The molecular formula is C17H19BrN2. The first-order valence-corrected chi connectivity index (χ1v) is 7.88. The SMILES string of the molecule is Nc1cccc(C2CCN(c3ccccc3Br)CC2)c1. The zero-order valence-corrected chi connectivity index (χ0v) is 13.0. The minimum absolute atomic E-state index is 0.636. The van der Waals surface area contributed by atoms with Crippen molar-refractivity contribution in [3.8, 4) is 0 Å². The van der Waals surface area contributed by atoms with Crippen LogP contribution in [0.15, 0.2) is 53.0 Å². The summed E-state index contributed by atoms with van der Waals surface area (Å²) in [4.78, 5) is 2.47. The third-order valence-corrected chi connectivity index (χ3v) is 4.74. The van der Waals surface area contributed by atoms with E-state index in [0.29, 0.717) is 5.92 Å². The molecule has 1 fully saturated rings. The molecule has 20 heavy (non-hydrogen) atoms. The predicted molar refractivity (Wildman–Crippen MR) is 89.2 cm³/mol. The van der Waals surface area contributed by atoms with Gasteiger partial charge in [-0.25, -0.2) is 0 Å². The van der Waals surface area contributed by atoms with Crippen molar-refractivity contribution in [2.45, 2.75) is 18.8 Å². The molecule has 0 saturated carbocycles. The van der Waals surface area contributed by atoms with Crippen molar-refractivity contribution >= 4 is 27.3 Å². The Morgan fingerprint density at radius 1 is 1.00 bits per heavy atom. The average Bonchev–Trinajstić information content (AvgIpc) is 2.48. The van der Waals surface area contributed by atoms with Gasteiger partial charge in [0.05, 0.1) is 5.69 Å². The summed E-state index contributed by atoms with van der Waals surface area (Å²) in [5.41, 5.74) is 9.45. The first-order valence-electron chi connectivity index (χ1n) is 7.09. The van der Waals surface area contributed by atoms with Crippen LogP contribution in [-0.4, -0.2) is 13.1 Å². The first kappa shape index (κ1) is 13.5. The number of benzene rings is 2. The smallest absolute Gasteiger partial charge is 0.0510 e. The molecule has 3 rings (SSSR count). The van der Waals surface area contributed by atoms with Gasteiger partial charge in [-0.15, -0.1) is 0 Å². The average molecular weight is 331 g/mol. The van der Waals surface area contributed by atoms with Crippen molar-refractivity contribution in [1.82, 2.24) is 0 Å². The maximum atomic E-state index is 5.89. The molecule has 0 aliphatic carbocycles. The van der Waals surface area contributed by atoms with Crippen molar-refractivity contribution in [3.63, 3.8) is 0 Å². The van der Waals surface area contributed by atoms with E-state index in [9.17, 15) is 0 Å². The number of halogens is 1. The molecule has 1 aliphatic rings. The van der Waals surface area contributed by atoms with Gasteiger partial charge < -0.3 is 10.6 Å². The molecule has 3 heteroatoms. The minimum atomic E-state index is 0.636. The summed E-state index contributed by atoms with van der Waals surface area (Å²) in [6, 6.07) is 16.8. The van der Waals surface area contributed by atoms with Crippen LogP contribution in [0.5, 0.6) is 0 Å². The fraction of sp³-hybridized carbons (Fsp3) is 0.294. The fourth-order valence-electron chi connectivity index (χ4n) is 2.97. The summed E-state index contributed by atoms with van der Waals surface area (Å²) in [7, 11) is 0. The van der Waals surface area contributed by atoms with E-state index in [1.54, 1.807) is 0 Å². The first-order chi connectivity index (χ1) is 9.74. The second-order valence-electron chi connectivity index (χ2n) is 5.38. The largest absolute Gasteiger partial charge is 0.399 e. The quantitative estimate of drug-likeness (QED) is 0.826. The summed E-state index contributed by atoms with van der Waals surface area (Å²) in [6.45, 7) is 2.20. The van der Waals surface area contributed by atoms with E-state index in [0.717, 1.165) is 18.8 Å². The molecule has 2 aromatic rings. The van der Waals surface area contributed by atoms with Crippen LogP contribution in [-0.2, 0) is 0 Å². The van der Waals surface area contributed by atoms with Crippen LogP contribution < -0.4 is 10.6 Å². The molecule has 2 N–H and O–H groups in total. The van der Waals surface area contributed by atoms with Crippen LogP contribution in [0.4, 0.5) is 11.4 Å². The zero-order chi connectivity index (χ0) is 13.9. The van der Waals surface area contributed by atoms with Gasteiger partial charge in [-0.05, 0) is 64.5 Å². The minimum Gasteiger partial charge on any atom is -0.399 e. The van der Waals surface area contributed by atoms with Crippen LogP contribution in [0.1, 0.15) is 24.3 Å². The van der Waals surface area contributed by atoms with Crippen molar-refractivity contribution in [2.24, 2.45) is 0 Å². The summed E-state index contributed by atoms with van der Waals surface area (Å²) >= 11 is 3.64. The lowest BCUT2D eigenvalue weighted by atomic mass is 9.89. The molecule has 0 bridgehead atoms. The van der Waals surface area contributed by atoms with Crippen LogP contribution in [0, 0.1) is 0 Å². The Kier molecular flexibility index (Phi) is 3.97. The molecule has 1 saturated heterocycles. The summed E-state index contributed by atoms with van der Waals surface area (Å²) in [6.07, 6.45) is 2.37. The Labute approximate surface area is 128 Å². The third kappa shape index (κ3) is 2.83. The standard InChI is InChI=1S/C17H19BrN2/c18-16-6-1-2-7-17(16)20-10-8-13(9-11-20)14-4-3-5-15(19)12-14/h1-7,12-13H,8-11,19H2. The number of rotatable bonds is 2. The predicted octanol–water partition coefficient (Wildman–Crippen LogP) is 4.42. The summed E-state index contributed by atoms with van der Waals surface area (Å²) < 4.78 is 1.18. The molecule has 2 aromatic carbocycles. The molecule has 0 amide bonds. The van der Waals surface area contributed by atoms with Crippen LogP contribution >= 0.6 is 15.9 Å². The number of nitrogens with zero attached hydrogens (tertiary/aromatic N) is 1. The molecule has 0 radical (unpaired) electrons. The topological polar surface area (TPSA) is 29.3 Å². The molecular weight excluding hydrogens is 312 g/mol. The molecule has 0 atom stereocenters. The van der Waals surface area contributed by atoms with Crippen LogP contribution in [0.3, 0.4) is 0 Å². The van der Waals surface area contributed by atoms with Gasteiger partial charge in [0.1, 0.15) is 0 Å². The Balaban J connectivity index is 1.70. The number of para-hydroxylation sites is 1. The van der Waals surface area contributed by atoms with Gasteiger partial charge in [-0.2, -0.15) is 0 Å². The van der Waals surface area contributed by atoms with Crippen molar-refractivity contribution in [1.29, 1.82) is 0 Å². The maximum absolute atomic E-state index is 5.89. The Bertz CT molecular complexity index is 589. The third-order valence-electron chi connectivity index (χ3n) is 4.07. The fourth-order valence-corrected chi connectivity index (χ4v) is 3.51. The molecule has 1 heterocycles. The molecule has 0 spiro atoms. The van der Waals surface area contributed by atoms with Crippen molar-refractivity contribution in [2.75, 3.05) is 23.7 Å². The van der Waals surface area contributed by atoms with Gasteiger partial charge >= 0.3 is 0 Å². The number of piperidine rings is 1. The lowest BCUT2D eigenvalue weighted by Gasteiger charge is -2.34. The maximum Gasteiger partial charge on any atom is 0.0510 e. The Hall–Kier alpha value is -1.48. The molecule has 0 unspecified atom stereocenters. The van der Waals surface area contributed by atoms with E-state index in [2.05, 4.69) is 63.3 Å². The van der Waals surface area contributed by atoms with Crippen molar-refractivity contribution in [3.05, 3.63) is 58.6 Å². The van der Waals surface area contributed by atoms with E-state index >= 15 is 0 Å². The zero-order valence-electron chi connectivity index (χ0n) is 11.4. The Morgan fingerprint density at radius 3 is 2.45 bits per heavy atom. The van der Waals surface area contributed by atoms with E-state index in [1.807, 2.05) is 6.07 Å². The van der Waals surface area contributed by atoms with Gasteiger partial charge in [-0.3, -0.25) is 0 Å². The second kappa shape index (κ2) is 5.88. The number of hydrogen-bond donors (Lipinski definition) is 1. The highest BCUT2D eigenvalue weighted by Crippen LogP contribution is 2.33. The second-order valence-corrected chi connectivity index (χ2v) is 6.24. The number of nitrogen functional groups attached to an aromatic ring is 1. The van der Waals surface area contributed by atoms with E-state index < -0.39 is 0 Å². The highest BCUT2D eigenvalue weighted by molar-refractivity contribution is 9.10. The van der Waals surface area contributed by atoms with E-state index in [1.165, 1.54) is 28.6 Å². The highest BCUT2D eigenvalue weighted by atomic mass is 79.9. The van der Waals surface area contributed by atoms with Gasteiger partial charge in [0.25, 0.3) is 0 Å². The lowest BCUT2D eigenvalue weighted by Crippen LogP contribution is -2.33. The number of nitrogens with two attached hydrogens (primary N) is 1. The summed E-state index contributed by atoms with van der Waals surface area (Å²) in [5, 5.41) is 0. The molecule has 1 aliphatic heterocycles. The Morgan fingerprint density at radius 2 is 1.75 bits per heavy atom. The number of hydrogen-bond acceptors (Lipinski definition) is 2. The van der Waals surface area contributed by atoms with Gasteiger partial charge in [-0.1, -0.05) is 24.3 Å². The van der Waals surface area contributed by atoms with E-state index in [4.69, 9.17) is 5.73 Å². The van der Waals surface area contributed by atoms with E-state index in [-0.39, 0.29) is 0 Å². The van der Waals surface area contributed by atoms with Crippen LogP contribution in [0.25, 0.3) is 0 Å². The highest BCUT2D eigenvalue weighted by Gasteiger charge is 2.21. The van der Waals surface area contributed by atoms with Gasteiger partial charge in [0.15, 0.2) is 0 Å². The molecule has 2 nitrogen and oxygen atoms in total. The van der Waals surface area contributed by atoms with Crippen LogP contribution in [0.2, 0.25) is 0 Å². The number of anilines is 2. The summed E-state index contributed by atoms with van der Waals surface area (Å²) in [5.74, 6) is 0.636. The normalized spacial score (nSPS) is 16.4. The van der Waals surface area contributed by atoms with Crippen molar-refractivity contribution < 1.29 is 0 Å². The monoisotopic (exact) mass is 330 g/mol. The van der Waals surface area contributed by atoms with Gasteiger partial charge in [0, 0.05) is 23.2 Å². The molecule has 104 valence electrons. The molecule has 0 aromatic heterocycles. The van der Waals surface area contributed by atoms with Gasteiger partial charge in [0.2, 0.25) is 0 Å². The lowest BCUT2D eigenvalue weighted by molar-refractivity contribution is 0.505.